The molecule has 1 aromatic rings. The predicted octanol–water partition coefficient (Wildman–Crippen LogP) is 1.95. The molecule has 1 saturated heterocycles. The van der Waals surface area contributed by atoms with Crippen LogP contribution in [0, 0.1) is 0 Å². The lowest BCUT2D eigenvalue weighted by Crippen LogP contribution is -2.46. The van der Waals surface area contributed by atoms with Crippen LogP contribution in [0.25, 0.3) is 0 Å². The molecule has 0 aliphatic carbocycles. The average Bonchev–Trinajstić information content (AvgIpc) is 2.38. The van der Waals surface area contributed by atoms with E-state index in [1.54, 1.807) is 0 Å². The Bertz CT molecular complexity index is 371. The van der Waals surface area contributed by atoms with Gasteiger partial charge in [-0.3, -0.25) is 4.90 Å². The third-order valence-corrected chi connectivity index (χ3v) is 2.51. The van der Waals surface area contributed by atoms with Gasteiger partial charge in [-0.05, 0) is 5.56 Å². The second-order valence-electron chi connectivity index (χ2n) is 3.74. The minimum absolute atomic E-state index is 0.0829. The first kappa shape index (κ1) is 11.9. The van der Waals surface area contributed by atoms with Crippen LogP contribution in [0.15, 0.2) is 30.3 Å². The summed E-state index contributed by atoms with van der Waals surface area (Å²) in [5, 5.41) is 0. The van der Waals surface area contributed by atoms with Gasteiger partial charge >= 0.3 is 6.09 Å². The first-order chi connectivity index (χ1) is 8.27. The van der Waals surface area contributed by atoms with Crippen molar-refractivity contribution >= 4 is 6.09 Å². The first-order valence-corrected chi connectivity index (χ1v) is 5.46. The highest BCUT2D eigenvalue weighted by Gasteiger charge is 2.27. The average molecular weight is 239 g/mol. The van der Waals surface area contributed by atoms with E-state index >= 15 is 0 Å². The van der Waals surface area contributed by atoms with Gasteiger partial charge in [0.25, 0.3) is 0 Å². The number of morpholine rings is 1. The molecule has 1 amide bonds. The Morgan fingerprint density at radius 2 is 2.24 bits per heavy atom. The van der Waals surface area contributed by atoms with Gasteiger partial charge in [-0.25, -0.2) is 9.18 Å². The van der Waals surface area contributed by atoms with Gasteiger partial charge in [0.2, 0.25) is 6.30 Å². The summed E-state index contributed by atoms with van der Waals surface area (Å²) in [6.45, 7) is 0.653. The van der Waals surface area contributed by atoms with Crippen LogP contribution in [0.3, 0.4) is 0 Å². The highest BCUT2D eigenvalue weighted by Crippen LogP contribution is 2.11. The maximum absolute atomic E-state index is 13.3. The number of rotatable bonds is 2. The van der Waals surface area contributed by atoms with Crippen molar-refractivity contribution < 1.29 is 18.7 Å². The molecule has 5 heteroatoms. The van der Waals surface area contributed by atoms with Crippen LogP contribution < -0.4 is 0 Å². The summed E-state index contributed by atoms with van der Waals surface area (Å²) in [6.07, 6.45) is -2.04. The first-order valence-electron chi connectivity index (χ1n) is 5.46. The fourth-order valence-electron chi connectivity index (χ4n) is 1.58. The van der Waals surface area contributed by atoms with Gasteiger partial charge in [0.05, 0.1) is 19.8 Å². The van der Waals surface area contributed by atoms with Crippen molar-refractivity contribution in [2.45, 2.75) is 12.9 Å². The highest BCUT2D eigenvalue weighted by molar-refractivity contribution is 5.68. The quantitative estimate of drug-likeness (QED) is 0.740. The molecule has 1 aromatic carbocycles. The van der Waals surface area contributed by atoms with E-state index in [4.69, 9.17) is 9.47 Å². The molecule has 1 atom stereocenters. The van der Waals surface area contributed by atoms with Crippen LogP contribution >= 0.6 is 0 Å². The zero-order chi connectivity index (χ0) is 12.1. The van der Waals surface area contributed by atoms with Crippen LogP contribution in [-0.2, 0) is 16.1 Å². The zero-order valence-corrected chi connectivity index (χ0v) is 9.34. The molecule has 0 radical (unpaired) electrons. The molecule has 0 bridgehead atoms. The molecule has 1 fully saturated rings. The largest absolute Gasteiger partial charge is 0.444 e. The molecule has 1 aliphatic heterocycles. The van der Waals surface area contributed by atoms with Crippen molar-refractivity contribution in [2.75, 3.05) is 19.8 Å². The van der Waals surface area contributed by atoms with Crippen molar-refractivity contribution in [2.24, 2.45) is 0 Å². The number of amides is 1. The van der Waals surface area contributed by atoms with Crippen molar-refractivity contribution in [3.05, 3.63) is 35.9 Å². The number of hydrogen-bond donors (Lipinski definition) is 0. The van der Waals surface area contributed by atoms with E-state index in [1.165, 1.54) is 0 Å². The Balaban J connectivity index is 1.84. The van der Waals surface area contributed by atoms with Gasteiger partial charge in [0, 0.05) is 0 Å². The van der Waals surface area contributed by atoms with Crippen LogP contribution in [0.1, 0.15) is 5.56 Å². The normalized spacial score (nSPS) is 20.1. The van der Waals surface area contributed by atoms with Crippen LogP contribution in [0.2, 0.25) is 0 Å². The maximum atomic E-state index is 13.3. The summed E-state index contributed by atoms with van der Waals surface area (Å²) in [6, 6.07) is 9.29. The Morgan fingerprint density at radius 1 is 1.47 bits per heavy atom. The monoisotopic (exact) mass is 239 g/mol. The molecule has 1 heterocycles. The van der Waals surface area contributed by atoms with Crippen LogP contribution in [-0.4, -0.2) is 37.0 Å². The maximum Gasteiger partial charge on any atom is 0.412 e. The molecule has 0 spiro atoms. The molecular weight excluding hydrogens is 225 g/mol. The molecule has 4 nitrogen and oxygen atoms in total. The molecule has 17 heavy (non-hydrogen) atoms. The zero-order valence-electron chi connectivity index (χ0n) is 9.34. The fraction of sp³-hybridized carbons (Fsp3) is 0.417. The second kappa shape index (κ2) is 5.63. The van der Waals surface area contributed by atoms with Crippen molar-refractivity contribution in [1.29, 1.82) is 0 Å². The van der Waals surface area contributed by atoms with E-state index < -0.39 is 12.4 Å². The topological polar surface area (TPSA) is 38.8 Å². The van der Waals surface area contributed by atoms with Gasteiger partial charge in [0.1, 0.15) is 6.61 Å². The number of halogens is 1. The Hall–Kier alpha value is -1.62. The molecule has 1 unspecified atom stereocenters. The van der Waals surface area contributed by atoms with E-state index in [2.05, 4.69) is 0 Å². The molecule has 1 aliphatic rings. The number of alkyl halides is 1. The molecule has 0 saturated carbocycles. The molecule has 92 valence electrons. The van der Waals surface area contributed by atoms with E-state index in [0.717, 1.165) is 10.5 Å². The van der Waals surface area contributed by atoms with E-state index in [0.29, 0.717) is 6.61 Å². The number of ether oxygens (including phenoxy) is 2. The lowest BCUT2D eigenvalue weighted by atomic mass is 10.2. The summed E-state index contributed by atoms with van der Waals surface area (Å²) >= 11 is 0. The van der Waals surface area contributed by atoms with Crippen molar-refractivity contribution in [1.82, 2.24) is 4.90 Å². The van der Waals surface area contributed by atoms with Gasteiger partial charge in [-0.2, -0.15) is 0 Å². The van der Waals surface area contributed by atoms with Gasteiger partial charge < -0.3 is 9.47 Å². The number of carbonyl (C=O) groups is 1. The smallest absolute Gasteiger partial charge is 0.412 e. The van der Waals surface area contributed by atoms with Gasteiger partial charge in [0.15, 0.2) is 0 Å². The van der Waals surface area contributed by atoms with E-state index in [1.807, 2.05) is 30.3 Å². The molecule has 0 N–H and O–H groups in total. The standard InChI is InChI=1S/C12H14FNO3/c13-11-9-16-7-6-14(11)12(15)17-8-10-4-2-1-3-5-10/h1-5,11H,6-9H2. The molecule has 0 aromatic heterocycles. The Morgan fingerprint density at radius 3 is 2.94 bits per heavy atom. The van der Waals surface area contributed by atoms with E-state index in [-0.39, 0.29) is 19.8 Å². The highest BCUT2D eigenvalue weighted by atomic mass is 19.1. The lowest BCUT2D eigenvalue weighted by molar-refractivity contribution is -0.0573. The lowest BCUT2D eigenvalue weighted by Gasteiger charge is -2.29. The van der Waals surface area contributed by atoms with Crippen molar-refractivity contribution in [3.8, 4) is 0 Å². The van der Waals surface area contributed by atoms with Gasteiger partial charge in [-0.1, -0.05) is 30.3 Å². The second-order valence-corrected chi connectivity index (χ2v) is 3.74. The van der Waals surface area contributed by atoms with E-state index in [9.17, 15) is 9.18 Å². The SMILES string of the molecule is O=C(OCc1ccccc1)N1CCOCC1F. The molecular formula is C12H14FNO3. The van der Waals surface area contributed by atoms with Gasteiger partial charge in [-0.15, -0.1) is 0 Å². The third kappa shape index (κ3) is 3.17. The Kier molecular flexibility index (Phi) is 3.93. The number of hydrogen-bond acceptors (Lipinski definition) is 3. The minimum atomic E-state index is -1.41. The van der Waals surface area contributed by atoms with Crippen LogP contribution in [0.4, 0.5) is 9.18 Å². The summed E-state index contributed by atoms with van der Waals surface area (Å²) < 4.78 is 23.3. The summed E-state index contributed by atoms with van der Waals surface area (Å²) in [4.78, 5) is 12.6. The number of benzene rings is 1. The number of carbonyl (C=O) groups excluding carboxylic acids is 1. The molecule has 2 rings (SSSR count). The summed E-state index contributed by atoms with van der Waals surface area (Å²) in [7, 11) is 0. The number of nitrogens with zero attached hydrogens (tertiary/aromatic N) is 1. The Labute approximate surface area is 98.9 Å². The third-order valence-electron chi connectivity index (χ3n) is 2.51. The van der Waals surface area contributed by atoms with Crippen molar-refractivity contribution in [3.63, 3.8) is 0 Å². The summed E-state index contributed by atoms with van der Waals surface area (Å²) in [5.74, 6) is 0. The summed E-state index contributed by atoms with van der Waals surface area (Å²) in [5.41, 5.74) is 0.879. The predicted molar refractivity (Wildman–Crippen MR) is 59.0 cm³/mol. The van der Waals surface area contributed by atoms with Crippen LogP contribution in [0.5, 0.6) is 0 Å². The fourth-order valence-corrected chi connectivity index (χ4v) is 1.58. The minimum Gasteiger partial charge on any atom is -0.444 e.